The van der Waals surface area contributed by atoms with Crippen LogP contribution in [0.25, 0.3) is 109 Å². The minimum absolute atomic E-state index is 0.000328. The van der Waals surface area contributed by atoms with Crippen molar-refractivity contribution in [3.63, 3.8) is 0 Å². The summed E-state index contributed by atoms with van der Waals surface area (Å²) in [5.74, 6) is 0.932. The van der Waals surface area contributed by atoms with Gasteiger partial charge in [-0.25, -0.2) is 4.98 Å². The van der Waals surface area contributed by atoms with E-state index in [0.29, 0.717) is 0 Å². The van der Waals surface area contributed by atoms with Crippen molar-refractivity contribution in [1.82, 2.24) is 14.1 Å². The average molecular weight is 1080 g/mol. The van der Waals surface area contributed by atoms with E-state index in [0.717, 1.165) is 76.0 Å². The summed E-state index contributed by atoms with van der Waals surface area (Å²) < 4.78 is 15.1. The molecule has 0 atom stereocenters. The van der Waals surface area contributed by atoms with Crippen molar-refractivity contribution in [2.75, 3.05) is 4.81 Å². The van der Waals surface area contributed by atoms with Gasteiger partial charge in [0.1, 0.15) is 17.0 Å². The van der Waals surface area contributed by atoms with E-state index in [2.05, 4.69) is 248 Å². The summed E-state index contributed by atoms with van der Waals surface area (Å²) in [6.07, 6.45) is 4.59. The fraction of sp³-hybridized carbons (Fsp3) is 0.267. The van der Waals surface area contributed by atoms with Gasteiger partial charge in [0.2, 0.25) is 0 Å². The zero-order chi connectivity index (χ0) is 55.9. The summed E-state index contributed by atoms with van der Waals surface area (Å²) in [6, 6.07) is 60.6. The number of para-hydroxylation sites is 1. The zero-order valence-corrected chi connectivity index (χ0v) is 49.8. The molecule has 0 saturated heterocycles. The van der Waals surface area contributed by atoms with Crippen LogP contribution in [0.2, 0.25) is 0 Å². The molecular formula is C75H67BN4OS. The predicted octanol–water partition coefficient (Wildman–Crippen LogP) is 19.3. The molecule has 0 unspecified atom stereocenters. The third-order valence-corrected chi connectivity index (χ3v) is 21.7. The molecule has 0 fully saturated rings. The highest BCUT2D eigenvalue weighted by Crippen LogP contribution is 2.57. The summed E-state index contributed by atoms with van der Waals surface area (Å²) in [5, 5.41) is 7.69. The Balaban J connectivity index is 1.09. The van der Waals surface area contributed by atoms with Crippen LogP contribution >= 0.6 is 11.3 Å². The number of furan rings is 1. The van der Waals surface area contributed by atoms with E-state index in [1.807, 2.05) is 11.3 Å². The van der Waals surface area contributed by atoms with Crippen LogP contribution in [-0.2, 0) is 27.1 Å². The average Bonchev–Trinajstić information content (AvgIpc) is 1.97. The lowest BCUT2D eigenvalue weighted by Crippen LogP contribution is -2.60. The van der Waals surface area contributed by atoms with Crippen LogP contribution < -0.4 is 15.7 Å². The van der Waals surface area contributed by atoms with E-state index < -0.39 is 0 Å². The van der Waals surface area contributed by atoms with Crippen molar-refractivity contribution in [3.05, 3.63) is 186 Å². The number of fused-ring (bicyclic) bond motifs is 19. The number of imidazole rings is 1. The van der Waals surface area contributed by atoms with Crippen molar-refractivity contribution >= 4 is 115 Å². The standard InChI is InChI=1S/C75H67BN4OS/c1-71(2,3)43-26-28-45(29-27-43)80-58-36-48-47-34-51-54(75(10,11)33-31-72(51,4)5)39-62(47)81-61(48)37-50(58)64-65-46-24-18-19-25-63(46)82-69(65)66-49-35-52-53(74(8,9)32-30-73(52,6)7)38-57(49)79-59-41-60-56(40-55(59)76(80)67(64)68(66)79)77-70(42-20-14-12-15-21-42)78(60)44-22-16-13-17-23-44/h12-29,34-41H,30-33H2,1-11H3. The van der Waals surface area contributed by atoms with Gasteiger partial charge in [-0.2, -0.15) is 0 Å². The summed E-state index contributed by atoms with van der Waals surface area (Å²) in [6.45, 7) is 26.4. The van der Waals surface area contributed by atoms with Gasteiger partial charge in [0, 0.05) is 75.6 Å². The number of hydrogen-bond donors (Lipinski definition) is 0. The second kappa shape index (κ2) is 16.0. The molecule has 0 amide bonds. The first-order valence-electron chi connectivity index (χ1n) is 29.9. The Hall–Kier alpha value is -7.87. The molecule has 17 rings (SSSR count). The van der Waals surface area contributed by atoms with Crippen LogP contribution in [0.3, 0.4) is 0 Å². The van der Waals surface area contributed by atoms with Gasteiger partial charge in [-0.05, 0) is 176 Å². The summed E-state index contributed by atoms with van der Waals surface area (Å²) >= 11 is 1.97. The van der Waals surface area contributed by atoms with Crippen LogP contribution in [0.1, 0.15) is 130 Å². The van der Waals surface area contributed by atoms with Crippen molar-refractivity contribution < 1.29 is 4.42 Å². The first kappa shape index (κ1) is 48.8. The summed E-state index contributed by atoms with van der Waals surface area (Å²) in [7, 11) is 0. The Labute approximate surface area is 484 Å². The SMILES string of the molecule is CC(C)(C)c1ccc(N2B3c4cc5nc(-c6ccccc6)n(-c6ccccc6)c5cc4-n4c5cc6c(cc5c5c7sc8ccccc8c7c(c3c54)-c3cc4oc5cc7c(cc5c4cc32)C(C)(C)CCC7(C)C)C(C)(C)CCC6(C)C)cc1. The Morgan fingerprint density at radius 1 is 0.524 bits per heavy atom. The maximum atomic E-state index is 7.29. The van der Waals surface area contributed by atoms with E-state index in [1.54, 1.807) is 0 Å². The highest BCUT2D eigenvalue weighted by Gasteiger charge is 2.48. The normalized spacial score (nSPS) is 17.4. The number of hydrogen-bond acceptors (Lipinski definition) is 4. The largest absolute Gasteiger partial charge is 0.456 e. The topological polar surface area (TPSA) is 39.1 Å². The van der Waals surface area contributed by atoms with Gasteiger partial charge in [0.25, 0.3) is 0 Å². The molecule has 7 heteroatoms. The number of nitrogens with zero attached hydrogens (tertiary/aromatic N) is 4. The maximum absolute atomic E-state index is 7.29. The molecule has 4 aromatic heterocycles. The Bertz CT molecular complexity index is 4960. The first-order valence-corrected chi connectivity index (χ1v) is 30.7. The summed E-state index contributed by atoms with van der Waals surface area (Å²) in [5.41, 5.74) is 24.6. The van der Waals surface area contributed by atoms with Gasteiger partial charge in [-0.1, -0.05) is 155 Å². The number of rotatable bonds is 3. The molecule has 0 spiro atoms. The second-order valence-corrected chi connectivity index (χ2v) is 29.5. The Kier molecular flexibility index (Phi) is 9.53. The van der Waals surface area contributed by atoms with E-state index in [-0.39, 0.29) is 33.9 Å². The smallest absolute Gasteiger partial charge is 0.333 e. The van der Waals surface area contributed by atoms with E-state index in [9.17, 15) is 0 Å². The van der Waals surface area contributed by atoms with E-state index in [4.69, 9.17) is 9.40 Å². The van der Waals surface area contributed by atoms with Crippen LogP contribution in [-0.4, -0.2) is 21.0 Å². The van der Waals surface area contributed by atoms with Crippen LogP contribution in [0.5, 0.6) is 0 Å². The molecule has 6 heterocycles. The lowest BCUT2D eigenvalue weighted by molar-refractivity contribution is 0.332. The molecule has 2 aliphatic heterocycles. The Morgan fingerprint density at radius 3 is 1.80 bits per heavy atom. The number of aromatic nitrogens is 3. The molecule has 0 saturated carbocycles. The van der Waals surface area contributed by atoms with Crippen molar-refractivity contribution in [1.29, 1.82) is 0 Å². The number of benzene rings is 9. The van der Waals surface area contributed by atoms with Gasteiger partial charge >= 0.3 is 6.85 Å². The maximum Gasteiger partial charge on any atom is 0.333 e. The molecular weight excluding hydrogens is 1020 g/mol. The molecule has 4 aliphatic rings. The van der Waals surface area contributed by atoms with Crippen molar-refractivity contribution in [2.24, 2.45) is 0 Å². The molecule has 0 bridgehead atoms. The van der Waals surface area contributed by atoms with Crippen LogP contribution in [0.4, 0.5) is 11.4 Å². The first-order chi connectivity index (χ1) is 39.3. The highest BCUT2D eigenvalue weighted by molar-refractivity contribution is 7.27. The molecule has 0 radical (unpaired) electrons. The van der Waals surface area contributed by atoms with Gasteiger partial charge in [0.05, 0.1) is 22.1 Å². The molecule has 82 heavy (non-hydrogen) atoms. The highest BCUT2D eigenvalue weighted by atomic mass is 32.1. The molecule has 5 nitrogen and oxygen atoms in total. The minimum atomic E-state index is -0.238. The fourth-order valence-electron chi connectivity index (χ4n) is 15.8. The van der Waals surface area contributed by atoms with Crippen molar-refractivity contribution in [3.8, 4) is 33.9 Å². The van der Waals surface area contributed by atoms with Gasteiger partial charge in [-0.3, -0.25) is 4.57 Å². The van der Waals surface area contributed by atoms with E-state index in [1.165, 1.54) is 109 Å². The molecule has 0 N–H and O–H groups in total. The Morgan fingerprint density at radius 2 is 1.12 bits per heavy atom. The second-order valence-electron chi connectivity index (χ2n) is 28.4. The van der Waals surface area contributed by atoms with E-state index >= 15 is 0 Å². The fourth-order valence-corrected chi connectivity index (χ4v) is 17.0. The molecule has 2 aliphatic carbocycles. The van der Waals surface area contributed by atoms with Gasteiger partial charge in [-0.15, -0.1) is 11.3 Å². The zero-order valence-electron chi connectivity index (χ0n) is 49.0. The van der Waals surface area contributed by atoms with Crippen molar-refractivity contribution in [2.45, 2.75) is 129 Å². The molecule has 402 valence electrons. The lowest BCUT2D eigenvalue weighted by atomic mass is 9.43. The third kappa shape index (κ3) is 6.49. The van der Waals surface area contributed by atoms with Crippen LogP contribution in [0.15, 0.2) is 162 Å². The third-order valence-electron chi connectivity index (χ3n) is 20.6. The predicted molar refractivity (Wildman–Crippen MR) is 349 cm³/mol. The minimum Gasteiger partial charge on any atom is -0.456 e. The van der Waals surface area contributed by atoms with Gasteiger partial charge in [0.15, 0.2) is 0 Å². The monoisotopic (exact) mass is 1080 g/mol. The number of thiophene rings is 1. The molecule has 13 aromatic rings. The van der Waals surface area contributed by atoms with Gasteiger partial charge < -0.3 is 13.8 Å². The molecule has 9 aromatic carbocycles. The summed E-state index contributed by atoms with van der Waals surface area (Å²) in [4.78, 5) is 8.46. The number of anilines is 2. The van der Waals surface area contributed by atoms with Crippen LogP contribution in [0, 0.1) is 0 Å². The lowest BCUT2D eigenvalue weighted by Gasteiger charge is -2.42. The quantitative estimate of drug-likeness (QED) is 0.166.